The van der Waals surface area contributed by atoms with Crippen molar-refractivity contribution in [2.75, 3.05) is 6.26 Å². The number of fused-ring (bicyclic) bond motifs is 1. The lowest BCUT2D eigenvalue weighted by Crippen LogP contribution is -2.10. The molecular weight excluding hydrogens is 308 g/mol. The van der Waals surface area contributed by atoms with Crippen LogP contribution in [-0.4, -0.2) is 25.4 Å². The normalized spacial score (nSPS) is 12.7. The number of para-hydroxylation sites is 1. The number of nitrogens with zero attached hydrogens (tertiary/aromatic N) is 1. The van der Waals surface area contributed by atoms with Gasteiger partial charge in [0, 0.05) is 28.6 Å². The van der Waals surface area contributed by atoms with E-state index in [1.165, 1.54) is 0 Å². The first-order valence-electron chi connectivity index (χ1n) is 7.34. The molecule has 0 amide bonds. The molecular formula is C18H18N2O2S. The lowest BCUT2D eigenvalue weighted by Gasteiger charge is -2.07. The smallest absolute Gasteiger partial charge is 0.250 e. The van der Waals surface area contributed by atoms with Crippen molar-refractivity contribution in [2.45, 2.75) is 13.3 Å². The summed E-state index contributed by atoms with van der Waals surface area (Å²) in [6, 6.07) is 17.6. The van der Waals surface area contributed by atoms with Crippen molar-refractivity contribution in [3.8, 4) is 0 Å². The zero-order valence-electron chi connectivity index (χ0n) is 13.1. The average Bonchev–Trinajstić information content (AvgIpc) is 2.82. The zero-order valence-corrected chi connectivity index (χ0v) is 13.9. The fourth-order valence-corrected chi connectivity index (χ4v) is 3.36. The van der Waals surface area contributed by atoms with Crippen molar-refractivity contribution in [3.05, 3.63) is 71.4 Å². The summed E-state index contributed by atoms with van der Waals surface area (Å²) >= 11 is 0. The number of H-pyrrole nitrogens is 1. The summed E-state index contributed by atoms with van der Waals surface area (Å²) in [6.07, 6.45) is 1.60. The fourth-order valence-electron chi connectivity index (χ4n) is 2.80. The molecule has 23 heavy (non-hydrogen) atoms. The summed E-state index contributed by atoms with van der Waals surface area (Å²) < 4.78 is 27.6. The molecule has 0 bridgehead atoms. The van der Waals surface area contributed by atoms with E-state index in [-0.39, 0.29) is 0 Å². The summed E-state index contributed by atoms with van der Waals surface area (Å²) in [5.74, 6) is 0. The highest BCUT2D eigenvalue weighted by Gasteiger charge is 2.16. The molecule has 5 heteroatoms. The molecule has 0 aliphatic rings. The average molecular weight is 326 g/mol. The van der Waals surface area contributed by atoms with Crippen molar-refractivity contribution >= 4 is 26.6 Å². The Balaban J connectivity index is 2.19. The maximum Gasteiger partial charge on any atom is 0.250 e. The van der Waals surface area contributed by atoms with Crippen LogP contribution in [0.3, 0.4) is 0 Å². The third-order valence-corrected chi connectivity index (χ3v) is 4.22. The molecule has 3 aromatic rings. The molecule has 0 fully saturated rings. The van der Waals surface area contributed by atoms with Crippen LogP contribution in [0, 0.1) is 6.92 Å². The molecule has 0 aliphatic carbocycles. The summed E-state index contributed by atoms with van der Waals surface area (Å²) in [4.78, 5) is 3.30. The number of hydrogen-bond donors (Lipinski definition) is 1. The van der Waals surface area contributed by atoms with Gasteiger partial charge in [-0.2, -0.15) is 4.40 Å². The van der Waals surface area contributed by atoms with Gasteiger partial charge in [0.25, 0.3) is 0 Å². The lowest BCUT2D eigenvalue weighted by molar-refractivity contribution is 0.603. The van der Waals surface area contributed by atoms with Gasteiger partial charge in [-0.15, -0.1) is 0 Å². The quantitative estimate of drug-likeness (QED) is 0.746. The monoisotopic (exact) mass is 326 g/mol. The Labute approximate surface area is 135 Å². The highest BCUT2D eigenvalue weighted by atomic mass is 32.2. The van der Waals surface area contributed by atoms with Crippen LogP contribution in [0.4, 0.5) is 0 Å². The molecule has 2 aromatic carbocycles. The first-order chi connectivity index (χ1) is 10.9. The Bertz CT molecular complexity index is 971. The Morgan fingerprint density at radius 1 is 1.04 bits per heavy atom. The van der Waals surface area contributed by atoms with Gasteiger partial charge in [0.2, 0.25) is 10.0 Å². The number of aromatic nitrogens is 1. The van der Waals surface area contributed by atoms with Crippen LogP contribution in [0.2, 0.25) is 0 Å². The number of aromatic amines is 1. The standard InChI is InChI=1S/C18H18N2O2S/c1-13-18(15-10-6-7-11-16(15)19-13)17(20-23(2,21)22)12-14-8-4-3-5-9-14/h3-11,19H,12H2,1-2H3/b20-17-. The second-order valence-electron chi connectivity index (χ2n) is 5.60. The molecule has 1 N–H and O–H groups in total. The largest absolute Gasteiger partial charge is 0.358 e. The Morgan fingerprint density at radius 3 is 2.39 bits per heavy atom. The Morgan fingerprint density at radius 2 is 1.70 bits per heavy atom. The summed E-state index contributed by atoms with van der Waals surface area (Å²) in [7, 11) is -3.48. The minimum absolute atomic E-state index is 0.469. The summed E-state index contributed by atoms with van der Waals surface area (Å²) in [5.41, 5.74) is 4.36. The third kappa shape index (κ3) is 3.51. The number of rotatable bonds is 4. The van der Waals surface area contributed by atoms with Crippen molar-refractivity contribution < 1.29 is 8.42 Å². The fraction of sp³-hybridized carbons (Fsp3) is 0.167. The van der Waals surface area contributed by atoms with Crippen LogP contribution >= 0.6 is 0 Å². The molecule has 0 atom stereocenters. The molecule has 0 saturated heterocycles. The number of sulfonamides is 1. The van der Waals surface area contributed by atoms with E-state index < -0.39 is 10.0 Å². The highest BCUT2D eigenvalue weighted by Crippen LogP contribution is 2.24. The van der Waals surface area contributed by atoms with Crippen LogP contribution in [0.15, 0.2) is 59.0 Å². The number of aryl methyl sites for hydroxylation is 1. The van der Waals surface area contributed by atoms with E-state index >= 15 is 0 Å². The molecule has 118 valence electrons. The maximum atomic E-state index is 11.8. The van der Waals surface area contributed by atoms with Gasteiger partial charge in [0.1, 0.15) is 0 Å². The van der Waals surface area contributed by atoms with Crippen LogP contribution in [0.1, 0.15) is 16.8 Å². The Hall–Kier alpha value is -2.40. The molecule has 0 unspecified atom stereocenters. The minimum Gasteiger partial charge on any atom is -0.358 e. The predicted octanol–water partition coefficient (Wildman–Crippen LogP) is 3.47. The van der Waals surface area contributed by atoms with Gasteiger partial charge in [-0.05, 0) is 18.6 Å². The van der Waals surface area contributed by atoms with Crippen molar-refractivity contribution in [1.29, 1.82) is 0 Å². The minimum atomic E-state index is -3.48. The van der Waals surface area contributed by atoms with Crippen molar-refractivity contribution in [1.82, 2.24) is 4.98 Å². The van der Waals surface area contributed by atoms with Gasteiger partial charge in [0.15, 0.2) is 0 Å². The lowest BCUT2D eigenvalue weighted by atomic mass is 10.00. The maximum absolute atomic E-state index is 11.8. The second-order valence-corrected chi connectivity index (χ2v) is 7.25. The van der Waals surface area contributed by atoms with Gasteiger partial charge < -0.3 is 4.98 Å². The molecule has 4 nitrogen and oxygen atoms in total. The van der Waals surface area contributed by atoms with E-state index in [2.05, 4.69) is 9.38 Å². The van der Waals surface area contributed by atoms with Crippen molar-refractivity contribution in [3.63, 3.8) is 0 Å². The van der Waals surface area contributed by atoms with Crippen LogP contribution in [-0.2, 0) is 16.4 Å². The van der Waals surface area contributed by atoms with Crippen LogP contribution in [0.5, 0.6) is 0 Å². The van der Waals surface area contributed by atoms with Gasteiger partial charge in [-0.1, -0.05) is 48.5 Å². The highest BCUT2D eigenvalue weighted by molar-refractivity contribution is 7.89. The van der Waals surface area contributed by atoms with Gasteiger partial charge in [0.05, 0.1) is 12.0 Å². The molecule has 0 spiro atoms. The van der Waals surface area contributed by atoms with E-state index in [1.807, 2.05) is 61.5 Å². The SMILES string of the molecule is Cc1[nH]c2ccccc2c1/C(Cc1ccccc1)=N\S(C)(=O)=O. The summed E-state index contributed by atoms with van der Waals surface area (Å²) in [6.45, 7) is 1.94. The molecule has 0 aliphatic heterocycles. The molecule has 3 rings (SSSR count). The number of benzene rings is 2. The van der Waals surface area contributed by atoms with Gasteiger partial charge >= 0.3 is 0 Å². The molecule has 1 heterocycles. The molecule has 0 saturated carbocycles. The van der Waals surface area contributed by atoms with E-state index in [9.17, 15) is 8.42 Å². The van der Waals surface area contributed by atoms with E-state index in [4.69, 9.17) is 0 Å². The summed E-state index contributed by atoms with van der Waals surface area (Å²) in [5, 5.41) is 0.989. The number of hydrogen-bond acceptors (Lipinski definition) is 2. The zero-order chi connectivity index (χ0) is 16.4. The predicted molar refractivity (Wildman–Crippen MR) is 94.6 cm³/mol. The van der Waals surface area contributed by atoms with E-state index in [0.29, 0.717) is 12.1 Å². The van der Waals surface area contributed by atoms with Crippen molar-refractivity contribution in [2.24, 2.45) is 4.40 Å². The topological polar surface area (TPSA) is 62.3 Å². The van der Waals surface area contributed by atoms with E-state index in [0.717, 1.165) is 34.0 Å². The molecule has 1 aromatic heterocycles. The third-order valence-electron chi connectivity index (χ3n) is 3.67. The second kappa shape index (κ2) is 6.01. The first kappa shape index (κ1) is 15.5. The first-order valence-corrected chi connectivity index (χ1v) is 9.19. The van der Waals surface area contributed by atoms with Crippen LogP contribution in [0.25, 0.3) is 10.9 Å². The Kier molecular flexibility index (Phi) is 4.05. The van der Waals surface area contributed by atoms with E-state index in [1.54, 1.807) is 0 Å². The van der Waals surface area contributed by atoms with Gasteiger partial charge in [-0.25, -0.2) is 8.42 Å². The number of nitrogens with one attached hydrogen (secondary N) is 1. The van der Waals surface area contributed by atoms with Crippen LogP contribution < -0.4 is 0 Å². The molecule has 0 radical (unpaired) electrons. The van der Waals surface area contributed by atoms with Gasteiger partial charge in [-0.3, -0.25) is 0 Å².